The smallest absolute Gasteiger partial charge is 0.391 e. The van der Waals surface area contributed by atoms with Gasteiger partial charge in [-0.15, -0.1) is 0 Å². The average molecular weight is 439 g/mol. The van der Waals surface area contributed by atoms with E-state index in [9.17, 15) is 31.9 Å². The topological polar surface area (TPSA) is 49.3 Å². The van der Waals surface area contributed by atoms with Crippen LogP contribution in [0.1, 0.15) is 36.8 Å². The Hall–Kier alpha value is -2.90. The summed E-state index contributed by atoms with van der Waals surface area (Å²) in [4.78, 5) is 12.7. The number of amides is 1. The molecule has 1 amide bonds. The van der Waals surface area contributed by atoms with Gasteiger partial charge in [-0.05, 0) is 73.1 Å². The number of benzene rings is 2. The van der Waals surface area contributed by atoms with Gasteiger partial charge in [0.05, 0.1) is 17.8 Å². The second-order valence-corrected chi connectivity index (χ2v) is 7.76. The number of aliphatic hydroxyl groups excluding tert-OH is 1. The van der Waals surface area contributed by atoms with Gasteiger partial charge in [0.25, 0.3) is 5.91 Å². The van der Waals surface area contributed by atoms with Gasteiger partial charge >= 0.3 is 6.18 Å². The number of carbonyl (C=O) groups excluding carboxylic acids is 1. The first-order chi connectivity index (χ1) is 14.6. The van der Waals surface area contributed by atoms with Crippen LogP contribution in [0.3, 0.4) is 0 Å². The molecule has 2 aromatic rings. The molecule has 1 aliphatic rings. The molecule has 0 aliphatic heterocycles. The van der Waals surface area contributed by atoms with Crippen LogP contribution >= 0.6 is 0 Å². The van der Waals surface area contributed by atoms with Gasteiger partial charge in [0.1, 0.15) is 0 Å². The molecule has 0 atom stereocenters. The maximum atomic E-state index is 13.6. The number of nitrogens with one attached hydrogen (secondary N) is 1. The predicted octanol–water partition coefficient (Wildman–Crippen LogP) is 6.08. The summed E-state index contributed by atoms with van der Waals surface area (Å²) in [5, 5.41) is 12.4. The SMILES string of the molecule is Cc1ccc(-c2ccc(F)c(F)c2)cc1/C(=C\O)C(=O)NC1CCC(C(F)(F)F)CC1. The van der Waals surface area contributed by atoms with Crippen LogP contribution in [0, 0.1) is 24.5 Å². The summed E-state index contributed by atoms with van der Waals surface area (Å²) in [5.41, 5.74) is 1.88. The van der Waals surface area contributed by atoms with Gasteiger partial charge in [0, 0.05) is 6.04 Å². The van der Waals surface area contributed by atoms with Crippen molar-refractivity contribution in [1.82, 2.24) is 5.32 Å². The van der Waals surface area contributed by atoms with Crippen LogP contribution in [0.15, 0.2) is 42.7 Å². The maximum Gasteiger partial charge on any atom is 0.391 e. The first kappa shape index (κ1) is 22.8. The van der Waals surface area contributed by atoms with Gasteiger partial charge in [0.15, 0.2) is 11.6 Å². The van der Waals surface area contributed by atoms with Crippen molar-refractivity contribution in [2.24, 2.45) is 5.92 Å². The number of carbonyl (C=O) groups is 1. The van der Waals surface area contributed by atoms with Crippen LogP contribution in [0.2, 0.25) is 0 Å². The second-order valence-electron chi connectivity index (χ2n) is 7.76. The van der Waals surface area contributed by atoms with E-state index in [4.69, 9.17) is 0 Å². The molecule has 8 heteroatoms. The number of aliphatic hydroxyl groups is 1. The van der Waals surface area contributed by atoms with Crippen molar-refractivity contribution in [3.63, 3.8) is 0 Å². The van der Waals surface area contributed by atoms with Crippen LogP contribution in [0.4, 0.5) is 22.0 Å². The van der Waals surface area contributed by atoms with Crippen molar-refractivity contribution >= 4 is 11.5 Å². The van der Waals surface area contributed by atoms with E-state index in [0.29, 0.717) is 28.5 Å². The van der Waals surface area contributed by atoms with Crippen molar-refractivity contribution in [3.05, 3.63) is 65.4 Å². The van der Waals surface area contributed by atoms with Crippen LogP contribution < -0.4 is 5.32 Å². The lowest BCUT2D eigenvalue weighted by Crippen LogP contribution is -2.40. The monoisotopic (exact) mass is 439 g/mol. The van der Waals surface area contributed by atoms with Crippen LogP contribution in [-0.4, -0.2) is 23.2 Å². The Morgan fingerprint density at radius 2 is 1.61 bits per heavy atom. The van der Waals surface area contributed by atoms with Gasteiger partial charge in [-0.25, -0.2) is 8.78 Å². The zero-order valence-electron chi connectivity index (χ0n) is 16.8. The third-order valence-electron chi connectivity index (χ3n) is 5.68. The molecule has 0 spiro atoms. The molecular weight excluding hydrogens is 417 g/mol. The quantitative estimate of drug-likeness (QED) is 0.345. The molecule has 3 nitrogen and oxygen atoms in total. The largest absolute Gasteiger partial charge is 0.515 e. The Labute approximate surface area is 176 Å². The minimum Gasteiger partial charge on any atom is -0.515 e. The molecule has 0 saturated heterocycles. The highest BCUT2D eigenvalue weighted by Gasteiger charge is 2.41. The molecule has 1 saturated carbocycles. The summed E-state index contributed by atoms with van der Waals surface area (Å²) in [6.07, 6.45) is -3.31. The number of aryl methyl sites for hydroxylation is 1. The second kappa shape index (κ2) is 9.08. The van der Waals surface area contributed by atoms with Crippen molar-refractivity contribution in [3.8, 4) is 11.1 Å². The van der Waals surface area contributed by atoms with Gasteiger partial charge in [-0.1, -0.05) is 18.2 Å². The Bertz CT molecular complexity index is 992. The zero-order chi connectivity index (χ0) is 22.8. The molecule has 2 N–H and O–H groups in total. The minimum absolute atomic E-state index is 0.0557. The molecule has 0 aromatic heterocycles. The fourth-order valence-corrected chi connectivity index (χ4v) is 3.85. The van der Waals surface area contributed by atoms with E-state index in [-0.39, 0.29) is 31.3 Å². The summed E-state index contributed by atoms with van der Waals surface area (Å²) in [5.74, 6) is -3.96. The summed E-state index contributed by atoms with van der Waals surface area (Å²) in [6, 6.07) is 7.94. The number of alkyl halides is 3. The molecule has 1 fully saturated rings. The standard InChI is InChI=1S/C23H22F5NO2/c1-13-2-3-14(15-4-9-20(24)21(25)11-15)10-18(13)19(12-30)22(31)29-17-7-5-16(6-8-17)23(26,27)28/h2-4,9-12,16-17,30H,5-8H2,1H3,(H,29,31)/b19-12+. The van der Waals surface area contributed by atoms with E-state index in [1.54, 1.807) is 25.1 Å². The van der Waals surface area contributed by atoms with Crippen LogP contribution in [-0.2, 0) is 4.79 Å². The Morgan fingerprint density at radius 3 is 2.19 bits per heavy atom. The lowest BCUT2D eigenvalue weighted by molar-refractivity contribution is -0.182. The summed E-state index contributed by atoms with van der Waals surface area (Å²) in [7, 11) is 0. The van der Waals surface area contributed by atoms with Crippen molar-refractivity contribution in [1.29, 1.82) is 0 Å². The summed E-state index contributed by atoms with van der Waals surface area (Å²) in [6.45, 7) is 1.72. The maximum absolute atomic E-state index is 13.6. The third kappa shape index (κ3) is 5.24. The fourth-order valence-electron chi connectivity index (χ4n) is 3.85. The predicted molar refractivity (Wildman–Crippen MR) is 107 cm³/mol. The zero-order valence-corrected chi connectivity index (χ0v) is 16.8. The molecule has 1 aliphatic carbocycles. The van der Waals surface area contributed by atoms with Crippen molar-refractivity contribution in [2.75, 3.05) is 0 Å². The minimum atomic E-state index is -4.23. The first-order valence-electron chi connectivity index (χ1n) is 9.88. The van der Waals surface area contributed by atoms with Crippen LogP contribution in [0.25, 0.3) is 16.7 Å². The Kier molecular flexibility index (Phi) is 6.67. The average Bonchev–Trinajstić information content (AvgIpc) is 2.71. The highest BCUT2D eigenvalue weighted by molar-refractivity contribution is 6.19. The van der Waals surface area contributed by atoms with Crippen molar-refractivity contribution in [2.45, 2.75) is 44.8 Å². The lowest BCUT2D eigenvalue weighted by Gasteiger charge is -2.30. The fraction of sp³-hybridized carbons (Fsp3) is 0.348. The van der Waals surface area contributed by atoms with E-state index in [1.807, 2.05) is 0 Å². The third-order valence-corrected chi connectivity index (χ3v) is 5.68. The molecule has 0 bridgehead atoms. The van der Waals surface area contributed by atoms with Gasteiger partial charge in [0.2, 0.25) is 0 Å². The summed E-state index contributed by atoms with van der Waals surface area (Å²) < 4.78 is 65.3. The normalized spacial score (nSPS) is 19.9. The molecule has 166 valence electrons. The number of hydrogen-bond acceptors (Lipinski definition) is 2. The molecule has 0 heterocycles. The van der Waals surface area contributed by atoms with E-state index < -0.39 is 35.7 Å². The van der Waals surface area contributed by atoms with E-state index >= 15 is 0 Å². The molecule has 0 unspecified atom stereocenters. The molecule has 0 radical (unpaired) electrons. The van der Waals surface area contributed by atoms with Crippen LogP contribution in [0.5, 0.6) is 0 Å². The van der Waals surface area contributed by atoms with E-state index in [1.165, 1.54) is 6.07 Å². The lowest BCUT2D eigenvalue weighted by atomic mass is 9.85. The molecular formula is C23H22F5NO2. The number of rotatable bonds is 4. The van der Waals surface area contributed by atoms with E-state index in [0.717, 1.165) is 12.1 Å². The van der Waals surface area contributed by atoms with Gasteiger partial charge < -0.3 is 10.4 Å². The van der Waals surface area contributed by atoms with E-state index in [2.05, 4.69) is 5.32 Å². The number of halogens is 5. The molecule has 31 heavy (non-hydrogen) atoms. The first-order valence-corrected chi connectivity index (χ1v) is 9.88. The van der Waals surface area contributed by atoms with Crippen molar-refractivity contribution < 1.29 is 31.9 Å². The Balaban J connectivity index is 1.77. The summed E-state index contributed by atoms with van der Waals surface area (Å²) >= 11 is 0. The highest BCUT2D eigenvalue weighted by Crippen LogP contribution is 2.37. The molecule has 3 rings (SSSR count). The van der Waals surface area contributed by atoms with Gasteiger partial charge in [-0.3, -0.25) is 4.79 Å². The van der Waals surface area contributed by atoms with Gasteiger partial charge in [-0.2, -0.15) is 13.2 Å². The molecule has 2 aromatic carbocycles. The highest BCUT2D eigenvalue weighted by atomic mass is 19.4. The number of hydrogen-bond donors (Lipinski definition) is 2. The Morgan fingerprint density at radius 1 is 1.00 bits per heavy atom.